The number of rotatable bonds is 3. The second kappa shape index (κ2) is 7.17. The number of piperazine rings is 1. The van der Waals surface area contributed by atoms with E-state index in [0.29, 0.717) is 13.1 Å². The van der Waals surface area contributed by atoms with Gasteiger partial charge in [-0.25, -0.2) is 9.37 Å². The molecule has 0 unspecified atom stereocenters. The highest BCUT2D eigenvalue weighted by Gasteiger charge is 2.24. The number of thiazole rings is 1. The van der Waals surface area contributed by atoms with E-state index in [-0.39, 0.29) is 11.7 Å². The molecule has 3 heterocycles. The molecule has 7 heteroatoms. The van der Waals surface area contributed by atoms with Gasteiger partial charge in [0.25, 0.3) is 5.91 Å². The smallest absolute Gasteiger partial charge is 0.264 e. The normalized spacial score (nSPS) is 14.7. The average molecular weight is 388 g/mol. The van der Waals surface area contributed by atoms with Gasteiger partial charge in [-0.1, -0.05) is 12.1 Å². The highest BCUT2D eigenvalue weighted by atomic mass is 32.1. The van der Waals surface area contributed by atoms with Gasteiger partial charge in [-0.3, -0.25) is 4.79 Å². The van der Waals surface area contributed by atoms with Crippen LogP contribution in [0.2, 0.25) is 0 Å². The van der Waals surface area contributed by atoms with Crippen molar-refractivity contribution in [2.75, 3.05) is 31.1 Å². The van der Waals surface area contributed by atoms with Crippen molar-refractivity contribution >= 4 is 33.7 Å². The van der Waals surface area contributed by atoms with Gasteiger partial charge in [0.2, 0.25) is 0 Å². The molecule has 0 N–H and O–H groups in total. The molecule has 134 valence electrons. The van der Waals surface area contributed by atoms with Gasteiger partial charge in [-0.05, 0) is 36.8 Å². The van der Waals surface area contributed by atoms with E-state index in [0.717, 1.165) is 39.2 Å². The Morgan fingerprint density at radius 2 is 1.81 bits per heavy atom. The first-order valence-electron chi connectivity index (χ1n) is 8.42. The first kappa shape index (κ1) is 17.2. The van der Waals surface area contributed by atoms with Gasteiger partial charge in [0, 0.05) is 36.4 Å². The van der Waals surface area contributed by atoms with Gasteiger partial charge in [0.15, 0.2) is 5.13 Å². The molecule has 26 heavy (non-hydrogen) atoms. The van der Waals surface area contributed by atoms with Crippen LogP contribution in [0.1, 0.15) is 15.4 Å². The number of nitrogens with zero attached hydrogens (tertiary/aromatic N) is 3. The van der Waals surface area contributed by atoms with E-state index < -0.39 is 0 Å². The first-order chi connectivity index (χ1) is 12.6. The van der Waals surface area contributed by atoms with Crippen molar-refractivity contribution in [3.63, 3.8) is 0 Å². The van der Waals surface area contributed by atoms with Crippen LogP contribution in [-0.2, 0) is 0 Å². The minimum Gasteiger partial charge on any atom is -0.345 e. The number of benzene rings is 1. The van der Waals surface area contributed by atoms with Crippen LogP contribution < -0.4 is 4.90 Å². The summed E-state index contributed by atoms with van der Waals surface area (Å²) in [7, 11) is 0. The fourth-order valence-corrected chi connectivity index (χ4v) is 4.80. The lowest BCUT2D eigenvalue weighted by molar-refractivity contribution is 0.0751. The highest BCUT2D eigenvalue weighted by Crippen LogP contribution is 2.29. The van der Waals surface area contributed by atoms with E-state index in [4.69, 9.17) is 0 Å². The van der Waals surface area contributed by atoms with Gasteiger partial charge in [0.05, 0.1) is 10.6 Å². The maximum Gasteiger partial charge on any atom is 0.264 e. The van der Waals surface area contributed by atoms with E-state index in [9.17, 15) is 9.18 Å². The van der Waals surface area contributed by atoms with Crippen LogP contribution in [-0.4, -0.2) is 42.0 Å². The summed E-state index contributed by atoms with van der Waals surface area (Å²) in [4.78, 5) is 23.2. The fourth-order valence-electron chi connectivity index (χ4n) is 2.97. The van der Waals surface area contributed by atoms with E-state index >= 15 is 0 Å². The Bertz CT molecular complexity index is 911. The Morgan fingerprint density at radius 1 is 1.08 bits per heavy atom. The SMILES string of the molecule is Cc1csc(N2CCN(C(=O)c3ccc(-c4ccc(F)cc4)s3)CC2)n1. The van der Waals surface area contributed by atoms with Crippen molar-refractivity contribution in [3.05, 3.63) is 58.2 Å². The summed E-state index contributed by atoms with van der Waals surface area (Å²) in [6.45, 7) is 4.99. The fraction of sp³-hybridized carbons (Fsp3) is 0.263. The van der Waals surface area contributed by atoms with E-state index in [2.05, 4.69) is 15.3 Å². The molecular weight excluding hydrogens is 369 g/mol. The predicted octanol–water partition coefficient (Wildman–Crippen LogP) is 4.28. The molecular formula is C19H18FN3OS2. The Morgan fingerprint density at radius 3 is 2.46 bits per heavy atom. The van der Waals surface area contributed by atoms with Crippen LogP contribution in [0.25, 0.3) is 10.4 Å². The second-order valence-electron chi connectivity index (χ2n) is 6.22. The highest BCUT2D eigenvalue weighted by molar-refractivity contribution is 7.17. The molecule has 2 aromatic heterocycles. The first-order valence-corrected chi connectivity index (χ1v) is 10.1. The average Bonchev–Trinajstić information content (AvgIpc) is 3.31. The molecule has 0 radical (unpaired) electrons. The number of carbonyl (C=O) groups excluding carboxylic acids is 1. The summed E-state index contributed by atoms with van der Waals surface area (Å²) < 4.78 is 13.1. The number of thiophene rings is 1. The number of hydrogen-bond acceptors (Lipinski definition) is 5. The van der Waals surface area contributed by atoms with Crippen molar-refractivity contribution in [2.24, 2.45) is 0 Å². The van der Waals surface area contributed by atoms with Crippen molar-refractivity contribution in [3.8, 4) is 10.4 Å². The summed E-state index contributed by atoms with van der Waals surface area (Å²) in [6.07, 6.45) is 0. The Kier molecular flexibility index (Phi) is 4.74. The van der Waals surface area contributed by atoms with Crippen LogP contribution in [0.4, 0.5) is 9.52 Å². The summed E-state index contributed by atoms with van der Waals surface area (Å²) in [5.41, 5.74) is 1.97. The Balaban J connectivity index is 1.42. The van der Waals surface area contributed by atoms with Crippen LogP contribution in [0.3, 0.4) is 0 Å². The number of aromatic nitrogens is 1. The van der Waals surface area contributed by atoms with Crippen molar-refractivity contribution in [2.45, 2.75) is 6.92 Å². The molecule has 0 aliphatic carbocycles. The molecule has 0 saturated carbocycles. The Labute approximate surface area is 159 Å². The zero-order chi connectivity index (χ0) is 18.1. The van der Waals surface area contributed by atoms with Crippen molar-refractivity contribution in [1.29, 1.82) is 0 Å². The molecule has 0 spiro atoms. The third kappa shape index (κ3) is 3.50. The minimum atomic E-state index is -0.255. The molecule has 1 fully saturated rings. The number of halogens is 1. The molecule has 4 nitrogen and oxygen atoms in total. The lowest BCUT2D eigenvalue weighted by Crippen LogP contribution is -2.48. The van der Waals surface area contributed by atoms with Crippen LogP contribution in [0, 0.1) is 12.7 Å². The predicted molar refractivity (Wildman–Crippen MR) is 105 cm³/mol. The molecule has 1 aromatic carbocycles. The lowest BCUT2D eigenvalue weighted by atomic mass is 10.2. The number of amides is 1. The minimum absolute atomic E-state index is 0.0679. The number of anilines is 1. The quantitative estimate of drug-likeness (QED) is 0.673. The summed E-state index contributed by atoms with van der Waals surface area (Å²) in [5, 5.41) is 3.08. The Hall–Kier alpha value is -2.25. The van der Waals surface area contributed by atoms with E-state index in [1.165, 1.54) is 23.5 Å². The summed E-state index contributed by atoms with van der Waals surface area (Å²) in [5.74, 6) is -0.187. The summed E-state index contributed by atoms with van der Waals surface area (Å²) >= 11 is 3.11. The van der Waals surface area contributed by atoms with Gasteiger partial charge in [-0.15, -0.1) is 22.7 Å². The monoisotopic (exact) mass is 387 g/mol. The zero-order valence-corrected chi connectivity index (χ0v) is 15.9. The third-order valence-corrected chi connectivity index (χ3v) is 6.53. The number of carbonyl (C=O) groups is 1. The van der Waals surface area contributed by atoms with E-state index in [1.807, 2.05) is 24.0 Å². The van der Waals surface area contributed by atoms with Gasteiger partial charge >= 0.3 is 0 Å². The molecule has 1 aliphatic heterocycles. The van der Waals surface area contributed by atoms with Gasteiger partial charge < -0.3 is 9.80 Å². The van der Waals surface area contributed by atoms with Gasteiger partial charge in [-0.2, -0.15) is 0 Å². The topological polar surface area (TPSA) is 36.4 Å². The standard InChI is InChI=1S/C19H18FN3OS2/c1-13-12-25-19(21-13)23-10-8-22(9-11-23)18(24)17-7-6-16(26-17)14-2-4-15(20)5-3-14/h2-7,12H,8-11H2,1H3. The molecule has 4 rings (SSSR count). The molecule has 0 atom stereocenters. The lowest BCUT2D eigenvalue weighted by Gasteiger charge is -2.34. The largest absolute Gasteiger partial charge is 0.345 e. The molecule has 1 amide bonds. The molecule has 3 aromatic rings. The number of hydrogen-bond donors (Lipinski definition) is 0. The van der Waals surface area contributed by atoms with Crippen LogP contribution in [0.5, 0.6) is 0 Å². The van der Waals surface area contributed by atoms with Gasteiger partial charge in [0.1, 0.15) is 5.82 Å². The molecule has 1 saturated heterocycles. The second-order valence-corrected chi connectivity index (χ2v) is 8.14. The maximum absolute atomic E-state index is 13.1. The van der Waals surface area contributed by atoms with E-state index in [1.54, 1.807) is 23.5 Å². The molecule has 1 aliphatic rings. The number of aryl methyl sites for hydroxylation is 1. The zero-order valence-electron chi connectivity index (χ0n) is 14.3. The molecule has 0 bridgehead atoms. The summed E-state index contributed by atoms with van der Waals surface area (Å²) in [6, 6.07) is 10.2. The van der Waals surface area contributed by atoms with Crippen LogP contribution >= 0.6 is 22.7 Å². The van der Waals surface area contributed by atoms with Crippen LogP contribution in [0.15, 0.2) is 41.8 Å². The third-order valence-electron chi connectivity index (χ3n) is 4.39. The maximum atomic E-state index is 13.1. The van der Waals surface area contributed by atoms with Crippen molar-refractivity contribution in [1.82, 2.24) is 9.88 Å². The van der Waals surface area contributed by atoms with Crippen molar-refractivity contribution < 1.29 is 9.18 Å².